The Morgan fingerprint density at radius 3 is 1.68 bits per heavy atom. The zero-order valence-electron chi connectivity index (χ0n) is 43.1. The number of hydrogen-bond donors (Lipinski definition) is 2. The molecule has 11 rings (SSSR count). The van der Waals surface area contributed by atoms with Gasteiger partial charge in [-0.3, -0.25) is 19.2 Å². The zero-order valence-corrected chi connectivity index (χ0v) is 43.1. The summed E-state index contributed by atoms with van der Waals surface area (Å²) < 4.78 is 23.1. The molecule has 374 valence electrons. The van der Waals surface area contributed by atoms with Crippen LogP contribution in [-0.4, -0.2) is 87.6 Å². The van der Waals surface area contributed by atoms with Crippen LogP contribution in [0.5, 0.6) is 0 Å². The lowest BCUT2D eigenvalue weighted by Gasteiger charge is -2.59. The number of carbonyl (C=O) groups is 5. The summed E-state index contributed by atoms with van der Waals surface area (Å²) in [6.45, 7) is 26.3. The molecule has 11 aliphatic rings. The Kier molecular flexibility index (Phi) is 14.0. The van der Waals surface area contributed by atoms with Crippen LogP contribution >= 0.6 is 0 Å². The van der Waals surface area contributed by atoms with Crippen molar-refractivity contribution >= 4 is 29.9 Å². The third-order valence-electron chi connectivity index (χ3n) is 19.0. The van der Waals surface area contributed by atoms with Crippen molar-refractivity contribution in [1.82, 2.24) is 10.2 Å². The summed E-state index contributed by atoms with van der Waals surface area (Å²) in [7, 11) is 0. The van der Waals surface area contributed by atoms with Crippen LogP contribution in [0.1, 0.15) is 193 Å². The fraction of sp³-hybridized carbons (Fsp3) is 0.907. The average Bonchev–Trinajstić information content (AvgIpc) is 3.85. The predicted molar refractivity (Wildman–Crippen MR) is 252 cm³/mol. The number of nitrogens with one attached hydrogen (secondary N) is 1. The van der Waals surface area contributed by atoms with Crippen molar-refractivity contribution < 1.29 is 48.0 Å². The molecule has 10 saturated carbocycles. The van der Waals surface area contributed by atoms with Gasteiger partial charge in [0.1, 0.15) is 23.9 Å². The van der Waals surface area contributed by atoms with Crippen LogP contribution in [0.3, 0.4) is 0 Å². The number of amides is 2. The van der Waals surface area contributed by atoms with Crippen molar-refractivity contribution in [1.29, 1.82) is 0 Å². The van der Waals surface area contributed by atoms with Crippen LogP contribution < -0.4 is 5.32 Å². The molecule has 12 nitrogen and oxygen atoms in total. The van der Waals surface area contributed by atoms with E-state index in [-0.39, 0.29) is 83.1 Å². The second kappa shape index (κ2) is 18.1. The van der Waals surface area contributed by atoms with E-state index >= 15 is 0 Å². The monoisotopic (exact) mass is 925 g/mol. The molecule has 2 N–H and O–H groups in total. The maximum absolute atomic E-state index is 12.8. The molecule has 1 aliphatic heterocycles. The highest BCUT2D eigenvalue weighted by Gasteiger charge is 2.66. The summed E-state index contributed by atoms with van der Waals surface area (Å²) >= 11 is 0. The largest absolute Gasteiger partial charge is 0.463 e. The second-order valence-electron chi connectivity index (χ2n) is 26.2. The van der Waals surface area contributed by atoms with E-state index in [9.17, 15) is 29.1 Å². The maximum Gasteiger partial charge on any atom is 0.407 e. The molecule has 11 fully saturated rings. The summed E-state index contributed by atoms with van der Waals surface area (Å²) in [6.07, 6.45) is 15.6. The highest BCUT2D eigenvalue weighted by atomic mass is 16.6. The summed E-state index contributed by atoms with van der Waals surface area (Å²) in [5, 5.41) is 13.3. The lowest BCUT2D eigenvalue weighted by Crippen LogP contribution is -2.61. The minimum Gasteiger partial charge on any atom is -0.463 e. The van der Waals surface area contributed by atoms with Crippen LogP contribution in [0.4, 0.5) is 4.79 Å². The van der Waals surface area contributed by atoms with Crippen molar-refractivity contribution in [2.45, 2.75) is 227 Å². The number of alkyl carbamates (subject to hydrolysis) is 1. The van der Waals surface area contributed by atoms with E-state index in [2.05, 4.69) is 19.2 Å². The van der Waals surface area contributed by atoms with E-state index in [4.69, 9.17) is 18.9 Å². The number of esters is 3. The third-order valence-corrected chi connectivity index (χ3v) is 19.0. The summed E-state index contributed by atoms with van der Waals surface area (Å²) in [6, 6.07) is -0.0230. The summed E-state index contributed by atoms with van der Waals surface area (Å²) in [4.78, 5) is 63.9. The predicted octanol–water partition coefficient (Wildman–Crippen LogP) is 9.96. The first kappa shape index (κ1) is 51.0. The first-order valence-corrected chi connectivity index (χ1v) is 26.2. The molecule has 0 radical (unpaired) electrons. The van der Waals surface area contributed by atoms with E-state index in [0.717, 1.165) is 63.2 Å². The maximum atomic E-state index is 12.8. The Labute approximate surface area is 396 Å². The standard InChI is InChI=1S/C21H34N2O5.C17H28O2.C16H26O3/c1-7-21(5,6)18(25)27-9-8-22-19(26)28-16-12-10-13-14(11-12)17(24)23(15(13)16)20(2,3)4;1-5-16(2,3)15(18)19-17(4)13-7-11-6-12(9-13)10-14(17)8-11;1-4-14(2,3)13(17)19-16-8-11-5-12(9-16)7-15(18,6-11)10-16/h12-16H,7-11H2,1-6H3,(H,22,26);11-14H,5-10H2,1-4H3;11-12,18H,4-10H2,1-3H3. The molecule has 10 bridgehead atoms. The Morgan fingerprint density at radius 1 is 0.682 bits per heavy atom. The Hall–Kier alpha value is -2.89. The molecule has 0 aromatic heterocycles. The number of rotatable bonds is 12. The molecule has 1 heterocycles. The average molecular weight is 925 g/mol. The number of carbonyl (C=O) groups excluding carboxylic acids is 5. The van der Waals surface area contributed by atoms with E-state index in [0.29, 0.717) is 42.4 Å². The molecular formula is C54H88N2O10. The second-order valence-corrected chi connectivity index (χ2v) is 26.2. The SMILES string of the molecule is CCC(C)(C)C(=O)OC1(C)C2CC3CC(C2)CC1C3.CCC(C)(C)C(=O)OC12CC3CC(CC(O)(C3)C1)C2.CCC(C)(C)C(=O)OCCNC(=O)OC1C2CC3C(=O)N(C(C)(C)C)C1C3C2. The van der Waals surface area contributed by atoms with Crippen molar-refractivity contribution in [2.75, 3.05) is 13.2 Å². The molecule has 2 amide bonds. The van der Waals surface area contributed by atoms with E-state index in [1.54, 1.807) is 0 Å². The highest BCUT2D eigenvalue weighted by molar-refractivity contribution is 5.84. The van der Waals surface area contributed by atoms with E-state index < -0.39 is 22.5 Å². The molecule has 1 saturated heterocycles. The molecular weight excluding hydrogens is 837 g/mol. The lowest BCUT2D eigenvalue weighted by molar-refractivity contribution is -0.225. The highest BCUT2D eigenvalue weighted by Crippen LogP contribution is 2.61. The van der Waals surface area contributed by atoms with Gasteiger partial charge in [0.25, 0.3) is 0 Å². The van der Waals surface area contributed by atoms with Crippen molar-refractivity contribution in [3.8, 4) is 0 Å². The van der Waals surface area contributed by atoms with Crippen LogP contribution in [0, 0.1) is 69.5 Å². The Balaban J connectivity index is 0.000000151. The van der Waals surface area contributed by atoms with E-state index in [1.807, 2.05) is 81.1 Å². The molecule has 66 heavy (non-hydrogen) atoms. The van der Waals surface area contributed by atoms with Gasteiger partial charge in [0, 0.05) is 17.9 Å². The number of nitrogens with zero attached hydrogens (tertiary/aromatic N) is 1. The molecule has 0 spiro atoms. The first-order chi connectivity index (χ1) is 30.6. The van der Waals surface area contributed by atoms with Gasteiger partial charge < -0.3 is 34.3 Å². The van der Waals surface area contributed by atoms with Crippen molar-refractivity contribution in [2.24, 2.45) is 69.5 Å². The molecule has 0 aromatic carbocycles. The van der Waals surface area contributed by atoms with Crippen LogP contribution in [0.15, 0.2) is 0 Å². The molecule has 10 aliphatic carbocycles. The van der Waals surface area contributed by atoms with E-state index in [1.165, 1.54) is 38.5 Å². The molecule has 0 aromatic rings. The molecule has 12 heteroatoms. The number of fused-ring (bicyclic) bond motifs is 1. The van der Waals surface area contributed by atoms with Gasteiger partial charge in [0.05, 0.1) is 34.4 Å². The number of likely N-dealkylation sites (tertiary alicyclic amines) is 1. The lowest BCUT2D eigenvalue weighted by atomic mass is 9.50. The minimum absolute atomic E-state index is 0.0185. The van der Waals surface area contributed by atoms with Crippen LogP contribution in [0.25, 0.3) is 0 Å². The normalized spacial score (nSPS) is 38.8. The molecule has 7 unspecified atom stereocenters. The van der Waals surface area contributed by atoms with Gasteiger partial charge in [0.2, 0.25) is 5.91 Å². The van der Waals surface area contributed by atoms with Gasteiger partial charge >= 0.3 is 24.0 Å². The van der Waals surface area contributed by atoms with Gasteiger partial charge in [-0.25, -0.2) is 4.79 Å². The zero-order chi connectivity index (χ0) is 48.6. The summed E-state index contributed by atoms with van der Waals surface area (Å²) in [5.74, 6) is 4.74. The van der Waals surface area contributed by atoms with Gasteiger partial charge in [-0.1, -0.05) is 20.8 Å². The van der Waals surface area contributed by atoms with Gasteiger partial charge in [-0.05, 0) is 213 Å². The fourth-order valence-corrected chi connectivity index (χ4v) is 14.5. The fourth-order valence-electron chi connectivity index (χ4n) is 14.5. The quantitative estimate of drug-likeness (QED) is 0.110. The van der Waals surface area contributed by atoms with Crippen LogP contribution in [0.2, 0.25) is 0 Å². The topological polar surface area (TPSA) is 158 Å². The summed E-state index contributed by atoms with van der Waals surface area (Å²) in [5.41, 5.74) is -2.64. The smallest absolute Gasteiger partial charge is 0.407 e. The minimum atomic E-state index is -0.555. The third kappa shape index (κ3) is 9.93. The number of ether oxygens (including phenoxy) is 4. The van der Waals surface area contributed by atoms with Gasteiger partial charge in [-0.15, -0.1) is 0 Å². The van der Waals surface area contributed by atoms with Crippen molar-refractivity contribution in [3.63, 3.8) is 0 Å². The van der Waals surface area contributed by atoms with Crippen molar-refractivity contribution in [3.05, 3.63) is 0 Å². The Morgan fingerprint density at radius 2 is 1.18 bits per heavy atom. The van der Waals surface area contributed by atoms with Gasteiger partial charge in [0.15, 0.2) is 0 Å². The Bertz CT molecular complexity index is 1800. The number of aliphatic hydroxyl groups is 1. The van der Waals surface area contributed by atoms with Gasteiger partial charge in [-0.2, -0.15) is 0 Å². The van der Waals surface area contributed by atoms with Crippen LogP contribution in [-0.2, 0) is 38.1 Å². The number of hydrogen-bond acceptors (Lipinski definition) is 10. The first-order valence-electron chi connectivity index (χ1n) is 26.2. The molecule has 7 atom stereocenters.